The van der Waals surface area contributed by atoms with Crippen molar-refractivity contribution in [3.8, 4) is 11.5 Å². The number of aromatic nitrogens is 2. The van der Waals surface area contributed by atoms with Gasteiger partial charge in [0.1, 0.15) is 11.4 Å². The van der Waals surface area contributed by atoms with Gasteiger partial charge in [-0.05, 0) is 56.1 Å². The fourth-order valence-corrected chi connectivity index (χ4v) is 4.49. The zero-order valence-electron chi connectivity index (χ0n) is 14.7. The highest BCUT2D eigenvalue weighted by Crippen LogP contribution is 2.49. The number of rotatable bonds is 6. The zero-order valence-corrected chi connectivity index (χ0v) is 14.7. The molecule has 2 aliphatic rings. The van der Waals surface area contributed by atoms with Crippen LogP contribution in [0.1, 0.15) is 43.1 Å². The fourth-order valence-electron chi connectivity index (χ4n) is 4.49. The van der Waals surface area contributed by atoms with Gasteiger partial charge in [-0.2, -0.15) is 5.10 Å². The van der Waals surface area contributed by atoms with Crippen LogP contribution in [0, 0.1) is 17.8 Å². The van der Waals surface area contributed by atoms with Crippen molar-refractivity contribution in [1.82, 2.24) is 15.5 Å². The minimum Gasteiger partial charge on any atom is -0.463 e. The van der Waals surface area contributed by atoms with E-state index in [-0.39, 0.29) is 24.2 Å². The van der Waals surface area contributed by atoms with Crippen LogP contribution >= 0.6 is 0 Å². The third-order valence-electron chi connectivity index (χ3n) is 5.73. The van der Waals surface area contributed by atoms with Gasteiger partial charge in [-0.25, -0.2) is 4.79 Å². The molecule has 26 heavy (non-hydrogen) atoms. The molecule has 2 aromatic heterocycles. The van der Waals surface area contributed by atoms with Crippen LogP contribution in [0.3, 0.4) is 0 Å². The number of aromatic amines is 1. The van der Waals surface area contributed by atoms with Crippen molar-refractivity contribution in [3.05, 3.63) is 30.2 Å². The minimum atomic E-state index is -0.613. The maximum Gasteiger partial charge on any atom is 0.356 e. The standard InChI is InChI=1S/C19H23N3O4/c1-11(14-8-12-4-5-13(14)7-12)20-18(23)10-26-19(24)16-9-15(21-22-16)17-3-2-6-25-17/h2-3,6,9,11-14H,4-5,7-8,10H2,1H3,(H,20,23)(H,21,22)/t11-,12-,13-,14-/m0/s1. The van der Waals surface area contributed by atoms with Crippen molar-refractivity contribution < 1.29 is 18.7 Å². The van der Waals surface area contributed by atoms with Gasteiger partial charge in [0, 0.05) is 12.1 Å². The molecule has 1 amide bonds. The van der Waals surface area contributed by atoms with Gasteiger partial charge < -0.3 is 14.5 Å². The third-order valence-corrected chi connectivity index (χ3v) is 5.73. The summed E-state index contributed by atoms with van der Waals surface area (Å²) in [6.07, 6.45) is 6.66. The Hall–Kier alpha value is -2.57. The first-order chi connectivity index (χ1) is 12.6. The molecule has 2 N–H and O–H groups in total. The summed E-state index contributed by atoms with van der Waals surface area (Å²) in [6.45, 7) is 1.76. The Bertz CT molecular complexity index is 783. The normalized spacial score (nSPS) is 25.2. The van der Waals surface area contributed by atoms with Crippen molar-refractivity contribution in [3.63, 3.8) is 0 Å². The second-order valence-electron chi connectivity index (χ2n) is 7.42. The van der Waals surface area contributed by atoms with Gasteiger partial charge in [-0.1, -0.05) is 6.42 Å². The average molecular weight is 357 g/mol. The van der Waals surface area contributed by atoms with Crippen LogP contribution in [0.25, 0.3) is 11.5 Å². The molecule has 2 fully saturated rings. The summed E-state index contributed by atoms with van der Waals surface area (Å²) in [4.78, 5) is 24.2. The highest BCUT2D eigenvalue weighted by molar-refractivity contribution is 5.90. The highest BCUT2D eigenvalue weighted by atomic mass is 16.5. The minimum absolute atomic E-state index is 0.120. The van der Waals surface area contributed by atoms with Gasteiger partial charge in [-0.15, -0.1) is 0 Å². The van der Waals surface area contributed by atoms with E-state index in [9.17, 15) is 9.59 Å². The third kappa shape index (κ3) is 3.38. The summed E-state index contributed by atoms with van der Waals surface area (Å²) in [5.74, 6) is 1.81. The van der Waals surface area contributed by atoms with Crippen molar-refractivity contribution in [2.45, 2.75) is 38.6 Å². The number of amides is 1. The Morgan fingerprint density at radius 2 is 2.31 bits per heavy atom. The first-order valence-electron chi connectivity index (χ1n) is 9.16. The quantitative estimate of drug-likeness (QED) is 0.775. The average Bonchev–Trinajstić information content (AvgIpc) is 3.42. The zero-order chi connectivity index (χ0) is 18.1. The number of hydrogen-bond acceptors (Lipinski definition) is 5. The fraction of sp³-hybridized carbons (Fsp3) is 0.526. The topological polar surface area (TPSA) is 97.2 Å². The molecule has 0 saturated heterocycles. The molecule has 0 unspecified atom stereocenters. The summed E-state index contributed by atoms with van der Waals surface area (Å²) < 4.78 is 10.3. The molecular formula is C19H23N3O4. The second-order valence-corrected chi connectivity index (χ2v) is 7.42. The number of hydrogen-bond donors (Lipinski definition) is 2. The van der Waals surface area contributed by atoms with Crippen LogP contribution in [-0.4, -0.2) is 34.7 Å². The lowest BCUT2D eigenvalue weighted by atomic mass is 9.84. The van der Waals surface area contributed by atoms with Gasteiger partial charge in [0.05, 0.1) is 6.26 Å². The maximum absolute atomic E-state index is 12.1. The molecule has 2 aromatic rings. The van der Waals surface area contributed by atoms with E-state index in [1.54, 1.807) is 12.1 Å². The number of nitrogens with zero attached hydrogens (tertiary/aromatic N) is 1. The predicted octanol–water partition coefficient (Wildman–Crippen LogP) is 2.77. The molecule has 2 heterocycles. The molecule has 2 bridgehead atoms. The summed E-state index contributed by atoms with van der Waals surface area (Å²) in [5.41, 5.74) is 0.696. The van der Waals surface area contributed by atoms with E-state index in [1.807, 2.05) is 0 Å². The van der Waals surface area contributed by atoms with Crippen LogP contribution in [0.2, 0.25) is 0 Å². The number of nitrogens with one attached hydrogen (secondary N) is 2. The first-order valence-corrected chi connectivity index (χ1v) is 9.16. The summed E-state index contributed by atoms with van der Waals surface area (Å²) in [6, 6.07) is 5.14. The first kappa shape index (κ1) is 16.9. The lowest BCUT2D eigenvalue weighted by Gasteiger charge is -2.28. The van der Waals surface area contributed by atoms with Crippen molar-refractivity contribution in [2.75, 3.05) is 6.61 Å². The van der Waals surface area contributed by atoms with E-state index in [0.717, 1.165) is 11.8 Å². The molecule has 0 radical (unpaired) electrons. The number of H-pyrrole nitrogens is 1. The Balaban J connectivity index is 1.26. The molecular weight excluding hydrogens is 334 g/mol. The van der Waals surface area contributed by atoms with Crippen molar-refractivity contribution >= 4 is 11.9 Å². The number of furan rings is 1. The smallest absolute Gasteiger partial charge is 0.356 e. The molecule has 7 nitrogen and oxygen atoms in total. The van der Waals surface area contributed by atoms with E-state index in [1.165, 1.54) is 38.0 Å². The molecule has 4 rings (SSSR count). The number of esters is 1. The van der Waals surface area contributed by atoms with Crippen LogP contribution in [0.5, 0.6) is 0 Å². The van der Waals surface area contributed by atoms with E-state index < -0.39 is 5.97 Å². The molecule has 7 heteroatoms. The van der Waals surface area contributed by atoms with Crippen LogP contribution < -0.4 is 5.32 Å². The number of carbonyl (C=O) groups excluding carboxylic acids is 2. The second kappa shape index (κ2) is 6.97. The Morgan fingerprint density at radius 3 is 3.00 bits per heavy atom. The Labute approximate surface area is 151 Å². The van der Waals surface area contributed by atoms with Crippen LogP contribution in [0.4, 0.5) is 0 Å². The molecule has 2 saturated carbocycles. The van der Waals surface area contributed by atoms with E-state index in [0.29, 0.717) is 17.4 Å². The SMILES string of the molecule is C[C@H](NC(=O)COC(=O)c1cc(-c2ccco2)n[nH]1)[C@@H]1C[C@H]2CC[C@H]1C2. The summed E-state index contributed by atoms with van der Waals surface area (Å²) in [5, 5.41) is 9.60. The van der Waals surface area contributed by atoms with Crippen LogP contribution in [-0.2, 0) is 9.53 Å². The molecule has 0 aromatic carbocycles. The highest BCUT2D eigenvalue weighted by Gasteiger charge is 2.42. The number of fused-ring (bicyclic) bond motifs is 2. The Morgan fingerprint density at radius 1 is 1.42 bits per heavy atom. The van der Waals surface area contributed by atoms with Gasteiger partial charge in [-0.3, -0.25) is 9.89 Å². The number of ether oxygens (including phenoxy) is 1. The Kier molecular flexibility index (Phi) is 4.53. The van der Waals surface area contributed by atoms with Gasteiger partial charge >= 0.3 is 5.97 Å². The molecule has 138 valence electrons. The molecule has 0 spiro atoms. The lowest BCUT2D eigenvalue weighted by molar-refractivity contribution is -0.125. The van der Waals surface area contributed by atoms with Gasteiger partial charge in [0.25, 0.3) is 5.91 Å². The summed E-state index contributed by atoms with van der Waals surface area (Å²) >= 11 is 0. The summed E-state index contributed by atoms with van der Waals surface area (Å²) in [7, 11) is 0. The van der Waals surface area contributed by atoms with Crippen molar-refractivity contribution in [2.24, 2.45) is 17.8 Å². The molecule has 2 aliphatic carbocycles. The lowest BCUT2D eigenvalue weighted by Crippen LogP contribution is -2.42. The monoisotopic (exact) mass is 357 g/mol. The van der Waals surface area contributed by atoms with Crippen LogP contribution in [0.15, 0.2) is 28.9 Å². The van der Waals surface area contributed by atoms with E-state index in [4.69, 9.17) is 9.15 Å². The molecule has 0 aliphatic heterocycles. The van der Waals surface area contributed by atoms with E-state index in [2.05, 4.69) is 22.4 Å². The van der Waals surface area contributed by atoms with Gasteiger partial charge in [0.15, 0.2) is 12.4 Å². The predicted molar refractivity (Wildman–Crippen MR) is 93.1 cm³/mol. The number of carbonyl (C=O) groups is 2. The molecule has 4 atom stereocenters. The van der Waals surface area contributed by atoms with E-state index >= 15 is 0 Å². The largest absolute Gasteiger partial charge is 0.463 e. The van der Waals surface area contributed by atoms with Gasteiger partial charge in [0.2, 0.25) is 0 Å². The maximum atomic E-state index is 12.1. The van der Waals surface area contributed by atoms with Crippen molar-refractivity contribution in [1.29, 1.82) is 0 Å².